The summed E-state index contributed by atoms with van der Waals surface area (Å²) < 4.78 is 41.7. The van der Waals surface area contributed by atoms with Gasteiger partial charge in [0.15, 0.2) is 5.17 Å². The number of hydrogen-bond donors (Lipinski definition) is 2. The number of nitrogens with zero attached hydrogens (tertiary/aromatic N) is 1. The van der Waals surface area contributed by atoms with Crippen LogP contribution in [0.4, 0.5) is 10.1 Å². The van der Waals surface area contributed by atoms with Crippen molar-refractivity contribution in [1.82, 2.24) is 4.72 Å². The van der Waals surface area contributed by atoms with Crippen molar-refractivity contribution in [2.45, 2.75) is 18.2 Å². The van der Waals surface area contributed by atoms with E-state index in [-0.39, 0.29) is 46.7 Å². The van der Waals surface area contributed by atoms with Gasteiger partial charge in [-0.3, -0.25) is 9.59 Å². The molecule has 42 heavy (non-hydrogen) atoms. The molecule has 2 N–H and O–H groups in total. The number of anilines is 1. The zero-order valence-electron chi connectivity index (χ0n) is 21.8. The molecule has 2 amide bonds. The predicted molar refractivity (Wildman–Crippen MR) is 167 cm³/mol. The second-order valence-electron chi connectivity index (χ2n) is 9.28. The van der Waals surface area contributed by atoms with E-state index < -0.39 is 21.8 Å². The van der Waals surface area contributed by atoms with Crippen LogP contribution in [0.25, 0.3) is 17.2 Å². The number of carbonyl (C=O) groups excluding carboxylic acids is 2. The summed E-state index contributed by atoms with van der Waals surface area (Å²) in [6, 6.07) is 27.0. The molecule has 0 saturated heterocycles. The summed E-state index contributed by atoms with van der Waals surface area (Å²) in [7, 11) is -3.96. The fourth-order valence-corrected chi connectivity index (χ4v) is 5.88. The number of aliphatic imine (C=N–C) groups is 1. The van der Waals surface area contributed by atoms with E-state index >= 15 is 0 Å². The maximum absolute atomic E-state index is 14.7. The number of hydrogen-bond acceptors (Lipinski definition) is 6. The van der Waals surface area contributed by atoms with Crippen LogP contribution in [0.5, 0.6) is 0 Å². The minimum atomic E-state index is -3.96. The van der Waals surface area contributed by atoms with Crippen LogP contribution in [0.15, 0.2) is 112 Å². The van der Waals surface area contributed by atoms with Gasteiger partial charge in [0.05, 0.1) is 16.2 Å². The summed E-state index contributed by atoms with van der Waals surface area (Å²) in [4.78, 5) is 29.2. The average molecular weight is 610 g/mol. The van der Waals surface area contributed by atoms with E-state index in [0.29, 0.717) is 32.5 Å². The number of aryl methyl sites for hydroxylation is 1. The minimum absolute atomic E-state index is 0. The van der Waals surface area contributed by atoms with E-state index in [4.69, 9.17) is 0 Å². The molecule has 0 bridgehead atoms. The Labute approximate surface area is 269 Å². The number of sulfonamides is 1. The van der Waals surface area contributed by atoms with Crippen molar-refractivity contribution in [3.05, 3.63) is 124 Å². The molecule has 1 aliphatic rings. The van der Waals surface area contributed by atoms with Crippen LogP contribution in [0.1, 0.15) is 16.7 Å². The molecule has 0 unspecified atom stereocenters. The number of amides is 2. The van der Waals surface area contributed by atoms with E-state index in [9.17, 15) is 22.4 Å². The molecule has 0 spiro atoms. The first-order valence-electron chi connectivity index (χ1n) is 12.5. The first kappa shape index (κ1) is 31.4. The van der Waals surface area contributed by atoms with E-state index in [0.717, 1.165) is 22.9 Å². The first-order valence-corrected chi connectivity index (χ1v) is 14.8. The second kappa shape index (κ2) is 13.6. The van der Waals surface area contributed by atoms with Crippen LogP contribution in [-0.4, -0.2) is 55.0 Å². The number of nitrogens with one attached hydrogen (secondary N) is 2. The number of thioether (sulfide) groups is 1. The fourth-order valence-electron chi connectivity index (χ4n) is 4.06. The molecule has 7 nitrogen and oxygen atoms in total. The number of benzene rings is 4. The Kier molecular flexibility index (Phi) is 10.2. The van der Waals surface area contributed by atoms with Gasteiger partial charge < -0.3 is 5.32 Å². The molecule has 5 rings (SSSR count). The van der Waals surface area contributed by atoms with Gasteiger partial charge in [-0.2, -0.15) is 4.99 Å². The fraction of sp³-hybridized carbons (Fsp3) is 0.0645. The van der Waals surface area contributed by atoms with Crippen molar-refractivity contribution < 1.29 is 22.4 Å². The molecule has 208 valence electrons. The SMILES string of the molecule is Cc1ccc(S(=O)(=O)NC(=O)Cc2ccc(NC3=NC(=O)C(=Cc4ccc(-c5ccccc5)c(F)c4)S3)cc2)cc1.[NaH]. The molecule has 0 aliphatic carbocycles. The van der Waals surface area contributed by atoms with Gasteiger partial charge in [-0.25, -0.2) is 17.5 Å². The van der Waals surface area contributed by atoms with Crippen LogP contribution in [0.3, 0.4) is 0 Å². The number of carbonyl (C=O) groups is 2. The Morgan fingerprint density at radius 3 is 2.31 bits per heavy atom. The van der Waals surface area contributed by atoms with Crippen molar-refractivity contribution >= 4 is 80.1 Å². The van der Waals surface area contributed by atoms with Crippen LogP contribution in [0.2, 0.25) is 0 Å². The zero-order valence-corrected chi connectivity index (χ0v) is 23.4. The molecule has 0 fully saturated rings. The summed E-state index contributed by atoms with van der Waals surface area (Å²) in [5, 5.41) is 3.41. The van der Waals surface area contributed by atoms with E-state index in [1.807, 2.05) is 37.3 Å². The molecule has 0 aromatic heterocycles. The Bertz CT molecular complexity index is 1790. The molecule has 1 heterocycles. The van der Waals surface area contributed by atoms with Gasteiger partial charge in [-0.05, 0) is 71.8 Å². The Hall–Kier alpha value is -3.54. The van der Waals surface area contributed by atoms with E-state index in [1.165, 1.54) is 18.2 Å². The topological polar surface area (TPSA) is 105 Å². The van der Waals surface area contributed by atoms with Gasteiger partial charge in [0.1, 0.15) is 5.82 Å². The number of amidine groups is 1. The average Bonchev–Trinajstić information content (AvgIpc) is 3.28. The van der Waals surface area contributed by atoms with Gasteiger partial charge in [0, 0.05) is 11.3 Å². The quantitative estimate of drug-likeness (QED) is 0.218. The molecule has 0 saturated carbocycles. The second-order valence-corrected chi connectivity index (χ2v) is 12.0. The molecule has 11 heteroatoms. The molecular formula is C31H25FN3NaO4S2. The third-order valence-electron chi connectivity index (χ3n) is 6.15. The number of rotatable bonds is 7. The Balaban J connectivity index is 0.00000405. The van der Waals surface area contributed by atoms with Crippen molar-refractivity contribution in [3.8, 4) is 11.1 Å². The van der Waals surface area contributed by atoms with Crippen LogP contribution in [0, 0.1) is 12.7 Å². The molecule has 0 atom stereocenters. The van der Waals surface area contributed by atoms with E-state index in [1.54, 1.807) is 54.6 Å². The standard InChI is InChI=1S/C31H24FN3O4S2.Na.H/c1-20-7-14-25(15-8-20)41(38,39)35-29(36)19-21-9-12-24(13-10-21)33-31-34-30(37)28(40-31)18-22-11-16-26(27(32)17-22)23-5-3-2-4-6-23;;/h2-18H,19H2,1H3,(H,35,36)(H,33,34,37);;. The summed E-state index contributed by atoms with van der Waals surface area (Å²) in [6.45, 7) is 1.84. The van der Waals surface area contributed by atoms with Gasteiger partial charge >= 0.3 is 29.6 Å². The summed E-state index contributed by atoms with van der Waals surface area (Å²) in [6.07, 6.45) is 1.46. The van der Waals surface area contributed by atoms with Gasteiger partial charge in [0.2, 0.25) is 5.91 Å². The molecular weight excluding hydrogens is 584 g/mol. The predicted octanol–water partition coefficient (Wildman–Crippen LogP) is 5.28. The molecule has 4 aromatic rings. The monoisotopic (exact) mass is 609 g/mol. The van der Waals surface area contributed by atoms with Crippen molar-refractivity contribution in [2.24, 2.45) is 4.99 Å². The van der Waals surface area contributed by atoms with Crippen molar-refractivity contribution in [2.75, 3.05) is 5.32 Å². The third kappa shape index (κ3) is 7.84. The molecule has 1 aliphatic heterocycles. The van der Waals surface area contributed by atoms with Crippen molar-refractivity contribution in [3.63, 3.8) is 0 Å². The third-order valence-corrected chi connectivity index (χ3v) is 8.43. The Morgan fingerprint density at radius 1 is 0.952 bits per heavy atom. The van der Waals surface area contributed by atoms with Crippen LogP contribution < -0.4 is 10.0 Å². The molecule has 4 aromatic carbocycles. The summed E-state index contributed by atoms with van der Waals surface area (Å²) in [5.74, 6) is -1.48. The first-order chi connectivity index (χ1) is 19.7. The van der Waals surface area contributed by atoms with Gasteiger partial charge in [-0.15, -0.1) is 0 Å². The summed E-state index contributed by atoms with van der Waals surface area (Å²) >= 11 is 1.13. The van der Waals surface area contributed by atoms with Gasteiger partial charge in [0.25, 0.3) is 15.9 Å². The van der Waals surface area contributed by atoms with Crippen molar-refractivity contribution in [1.29, 1.82) is 0 Å². The van der Waals surface area contributed by atoms with Crippen LogP contribution >= 0.6 is 11.8 Å². The maximum atomic E-state index is 14.7. The van der Waals surface area contributed by atoms with Crippen LogP contribution in [-0.2, 0) is 26.0 Å². The number of halogens is 1. The normalized spacial score (nSPS) is 13.8. The van der Waals surface area contributed by atoms with E-state index in [2.05, 4.69) is 15.0 Å². The molecule has 0 radical (unpaired) electrons. The summed E-state index contributed by atoms with van der Waals surface area (Å²) in [5.41, 5.74) is 3.92. The zero-order chi connectivity index (χ0) is 29.0. The van der Waals surface area contributed by atoms with Gasteiger partial charge in [-0.1, -0.05) is 72.3 Å². The Morgan fingerprint density at radius 2 is 1.64 bits per heavy atom.